The number of likely N-dealkylation sites (tertiary alicyclic amines) is 1. The van der Waals surface area contributed by atoms with E-state index in [-0.39, 0.29) is 5.78 Å². The number of rotatable bonds is 6. The quantitative estimate of drug-likeness (QED) is 0.752. The van der Waals surface area contributed by atoms with Crippen LogP contribution < -0.4 is 0 Å². The van der Waals surface area contributed by atoms with E-state index in [4.69, 9.17) is 23.2 Å². The van der Waals surface area contributed by atoms with E-state index in [1.54, 1.807) is 6.07 Å². The summed E-state index contributed by atoms with van der Waals surface area (Å²) in [6.07, 6.45) is 2.59. The SMILES string of the molecule is CN(CCN1CCCC1)CC(=O)c1cc(Cl)sc1Cl. The molecule has 1 aromatic rings. The summed E-state index contributed by atoms with van der Waals surface area (Å²) in [5, 5.41) is 0. The summed E-state index contributed by atoms with van der Waals surface area (Å²) < 4.78 is 1.05. The molecular weight excluding hydrogens is 303 g/mol. The van der Waals surface area contributed by atoms with Gasteiger partial charge in [-0.05, 0) is 39.0 Å². The van der Waals surface area contributed by atoms with Gasteiger partial charge in [-0.2, -0.15) is 0 Å². The van der Waals surface area contributed by atoms with Gasteiger partial charge in [0.25, 0.3) is 0 Å². The van der Waals surface area contributed by atoms with Gasteiger partial charge >= 0.3 is 0 Å². The fraction of sp³-hybridized carbons (Fsp3) is 0.615. The second-order valence-corrected chi connectivity index (χ2v) is 7.23. The first-order valence-electron chi connectivity index (χ1n) is 6.45. The Bertz CT molecular complexity index is 444. The molecule has 0 radical (unpaired) electrons. The molecular formula is C13H18Cl2N2OS. The minimum atomic E-state index is 0.0390. The van der Waals surface area contributed by atoms with Crippen LogP contribution in [0.25, 0.3) is 0 Å². The predicted molar refractivity (Wildman–Crippen MR) is 81.8 cm³/mol. The fourth-order valence-corrected chi connectivity index (χ4v) is 3.76. The van der Waals surface area contributed by atoms with Gasteiger partial charge < -0.3 is 4.90 Å². The van der Waals surface area contributed by atoms with E-state index >= 15 is 0 Å². The van der Waals surface area contributed by atoms with E-state index in [9.17, 15) is 4.79 Å². The summed E-state index contributed by atoms with van der Waals surface area (Å²) in [4.78, 5) is 16.6. The van der Waals surface area contributed by atoms with Crippen LogP contribution in [0.15, 0.2) is 6.07 Å². The van der Waals surface area contributed by atoms with Crippen LogP contribution in [-0.2, 0) is 0 Å². The molecule has 6 heteroatoms. The molecule has 0 aromatic carbocycles. The lowest BCUT2D eigenvalue weighted by molar-refractivity contribution is 0.0941. The molecule has 0 saturated carbocycles. The van der Waals surface area contributed by atoms with Crippen LogP contribution in [0.3, 0.4) is 0 Å². The second kappa shape index (κ2) is 7.04. The number of thiophene rings is 1. The molecule has 1 aromatic heterocycles. The molecule has 1 aliphatic heterocycles. The number of carbonyl (C=O) groups is 1. The van der Waals surface area contributed by atoms with E-state index in [1.165, 1.54) is 37.3 Å². The number of hydrogen-bond acceptors (Lipinski definition) is 4. The van der Waals surface area contributed by atoms with Gasteiger partial charge in [0.05, 0.1) is 16.4 Å². The molecule has 0 spiro atoms. The fourth-order valence-electron chi connectivity index (χ4n) is 2.26. The number of likely N-dealkylation sites (N-methyl/N-ethyl adjacent to an activating group) is 1. The molecule has 106 valence electrons. The van der Waals surface area contributed by atoms with Gasteiger partial charge in [0.1, 0.15) is 4.34 Å². The molecule has 2 heterocycles. The molecule has 0 bridgehead atoms. The van der Waals surface area contributed by atoms with E-state index in [1.807, 2.05) is 11.9 Å². The largest absolute Gasteiger partial charge is 0.302 e. The maximum absolute atomic E-state index is 12.1. The summed E-state index contributed by atoms with van der Waals surface area (Å²) in [5.74, 6) is 0.0390. The van der Waals surface area contributed by atoms with E-state index in [0.717, 1.165) is 13.1 Å². The Morgan fingerprint density at radius 3 is 2.68 bits per heavy atom. The Hall–Kier alpha value is -0.130. The Kier molecular flexibility index (Phi) is 5.66. The number of hydrogen-bond donors (Lipinski definition) is 0. The number of carbonyl (C=O) groups excluding carboxylic acids is 1. The van der Waals surface area contributed by atoms with E-state index in [2.05, 4.69) is 4.90 Å². The molecule has 2 rings (SSSR count). The Balaban J connectivity index is 1.79. The van der Waals surface area contributed by atoms with Crippen molar-refractivity contribution in [3.05, 3.63) is 20.3 Å². The van der Waals surface area contributed by atoms with Crippen molar-refractivity contribution in [1.82, 2.24) is 9.80 Å². The van der Waals surface area contributed by atoms with Crippen molar-refractivity contribution < 1.29 is 4.79 Å². The Labute approximate surface area is 128 Å². The van der Waals surface area contributed by atoms with Crippen molar-refractivity contribution in [1.29, 1.82) is 0 Å². The van der Waals surface area contributed by atoms with Crippen molar-refractivity contribution in [3.8, 4) is 0 Å². The third kappa shape index (κ3) is 4.43. The highest BCUT2D eigenvalue weighted by molar-refractivity contribution is 7.20. The lowest BCUT2D eigenvalue weighted by atomic mass is 10.2. The summed E-state index contributed by atoms with van der Waals surface area (Å²) in [7, 11) is 1.97. The van der Waals surface area contributed by atoms with Gasteiger partial charge in [-0.15, -0.1) is 11.3 Å². The average Bonchev–Trinajstić information content (AvgIpc) is 2.96. The van der Waals surface area contributed by atoms with Crippen molar-refractivity contribution in [2.45, 2.75) is 12.8 Å². The lowest BCUT2D eigenvalue weighted by Crippen LogP contribution is -2.34. The first-order valence-corrected chi connectivity index (χ1v) is 8.02. The molecule has 1 fully saturated rings. The smallest absolute Gasteiger partial charge is 0.179 e. The Morgan fingerprint density at radius 2 is 2.11 bits per heavy atom. The molecule has 0 atom stereocenters. The standard InChI is InChI=1S/C13H18Cl2N2OS/c1-16(6-7-17-4-2-3-5-17)9-11(18)10-8-12(14)19-13(10)15/h8H,2-7,9H2,1H3. The minimum Gasteiger partial charge on any atom is -0.302 e. The van der Waals surface area contributed by atoms with Gasteiger partial charge in [0, 0.05) is 13.1 Å². The number of ketones is 1. The molecule has 1 aliphatic rings. The number of halogens is 2. The van der Waals surface area contributed by atoms with Gasteiger partial charge in [-0.25, -0.2) is 0 Å². The highest BCUT2D eigenvalue weighted by atomic mass is 35.5. The van der Waals surface area contributed by atoms with Gasteiger partial charge in [-0.3, -0.25) is 9.69 Å². The summed E-state index contributed by atoms with van der Waals surface area (Å²) in [6.45, 7) is 4.70. The van der Waals surface area contributed by atoms with Crippen molar-refractivity contribution in [3.63, 3.8) is 0 Å². The van der Waals surface area contributed by atoms with Gasteiger partial charge in [0.2, 0.25) is 0 Å². The topological polar surface area (TPSA) is 23.6 Å². The minimum absolute atomic E-state index is 0.0390. The number of Topliss-reactive ketones (excluding diaryl/α,β-unsaturated/α-hetero) is 1. The van der Waals surface area contributed by atoms with Crippen molar-refractivity contribution in [2.75, 3.05) is 39.8 Å². The van der Waals surface area contributed by atoms with Crippen LogP contribution in [0.4, 0.5) is 0 Å². The van der Waals surface area contributed by atoms with Crippen LogP contribution in [-0.4, -0.2) is 55.4 Å². The lowest BCUT2D eigenvalue weighted by Gasteiger charge is -2.20. The van der Waals surface area contributed by atoms with Crippen molar-refractivity contribution in [2.24, 2.45) is 0 Å². The van der Waals surface area contributed by atoms with Crippen LogP contribution in [0.1, 0.15) is 23.2 Å². The molecule has 0 amide bonds. The summed E-state index contributed by atoms with van der Waals surface area (Å²) in [5.41, 5.74) is 0.546. The third-order valence-electron chi connectivity index (χ3n) is 3.37. The molecule has 0 aliphatic carbocycles. The van der Waals surface area contributed by atoms with Crippen LogP contribution in [0.2, 0.25) is 8.67 Å². The molecule has 0 unspecified atom stereocenters. The highest BCUT2D eigenvalue weighted by Crippen LogP contribution is 2.31. The zero-order chi connectivity index (χ0) is 13.8. The first-order chi connectivity index (χ1) is 9.06. The summed E-state index contributed by atoms with van der Waals surface area (Å²) >= 11 is 13.1. The van der Waals surface area contributed by atoms with Crippen LogP contribution in [0, 0.1) is 0 Å². The predicted octanol–water partition coefficient (Wildman–Crippen LogP) is 3.27. The first kappa shape index (κ1) is 15.3. The molecule has 19 heavy (non-hydrogen) atoms. The maximum Gasteiger partial charge on any atom is 0.179 e. The van der Waals surface area contributed by atoms with Crippen LogP contribution >= 0.6 is 34.5 Å². The van der Waals surface area contributed by atoms with E-state index in [0.29, 0.717) is 20.8 Å². The zero-order valence-corrected chi connectivity index (χ0v) is 13.3. The zero-order valence-electron chi connectivity index (χ0n) is 11.0. The monoisotopic (exact) mass is 320 g/mol. The normalized spacial score (nSPS) is 16.4. The van der Waals surface area contributed by atoms with Crippen molar-refractivity contribution >= 4 is 40.3 Å². The van der Waals surface area contributed by atoms with E-state index < -0.39 is 0 Å². The van der Waals surface area contributed by atoms with Gasteiger partial charge in [-0.1, -0.05) is 23.2 Å². The van der Waals surface area contributed by atoms with Crippen LogP contribution in [0.5, 0.6) is 0 Å². The maximum atomic E-state index is 12.1. The highest BCUT2D eigenvalue weighted by Gasteiger charge is 2.17. The Morgan fingerprint density at radius 1 is 1.42 bits per heavy atom. The summed E-state index contributed by atoms with van der Waals surface area (Å²) in [6, 6.07) is 1.66. The second-order valence-electron chi connectivity index (χ2n) is 4.95. The third-order valence-corrected chi connectivity index (χ3v) is 4.85. The van der Waals surface area contributed by atoms with Gasteiger partial charge in [0.15, 0.2) is 5.78 Å². The average molecular weight is 321 g/mol. The molecule has 3 nitrogen and oxygen atoms in total. The molecule has 1 saturated heterocycles. The molecule has 0 N–H and O–H groups in total. The number of nitrogens with zero attached hydrogens (tertiary/aromatic N) is 2.